The second-order valence-corrected chi connectivity index (χ2v) is 4.18. The van der Waals surface area contributed by atoms with Gasteiger partial charge in [-0.1, -0.05) is 11.6 Å². The van der Waals surface area contributed by atoms with Crippen LogP contribution in [0.1, 0.15) is 5.56 Å². The van der Waals surface area contributed by atoms with Crippen LogP contribution < -0.4 is 5.32 Å². The number of anilines is 1. The van der Waals surface area contributed by atoms with E-state index < -0.39 is 11.7 Å². The van der Waals surface area contributed by atoms with Crippen LogP contribution in [0.2, 0.25) is 5.15 Å². The SMILES string of the molecule is FC(F)(F)c1cc(Cl)nc(NCCn2ccnc2)c1. The summed E-state index contributed by atoms with van der Waals surface area (Å²) in [4.78, 5) is 7.65. The second-order valence-electron chi connectivity index (χ2n) is 3.79. The molecule has 2 aromatic rings. The van der Waals surface area contributed by atoms with Gasteiger partial charge in [-0.3, -0.25) is 0 Å². The number of alkyl halides is 3. The van der Waals surface area contributed by atoms with Crippen molar-refractivity contribution in [3.05, 3.63) is 41.6 Å². The fourth-order valence-electron chi connectivity index (χ4n) is 1.48. The van der Waals surface area contributed by atoms with Crippen LogP contribution in [0.3, 0.4) is 0 Å². The highest BCUT2D eigenvalue weighted by atomic mass is 35.5. The van der Waals surface area contributed by atoms with E-state index in [9.17, 15) is 13.2 Å². The Kier molecular flexibility index (Phi) is 3.94. The minimum absolute atomic E-state index is 0.0972. The Labute approximate surface area is 112 Å². The van der Waals surface area contributed by atoms with Gasteiger partial charge in [0.25, 0.3) is 0 Å². The molecule has 0 amide bonds. The van der Waals surface area contributed by atoms with Gasteiger partial charge in [-0.2, -0.15) is 13.2 Å². The summed E-state index contributed by atoms with van der Waals surface area (Å²) >= 11 is 5.57. The lowest BCUT2D eigenvalue weighted by Crippen LogP contribution is -2.12. The Bertz CT molecular complexity index is 539. The maximum atomic E-state index is 12.6. The summed E-state index contributed by atoms with van der Waals surface area (Å²) < 4.78 is 39.5. The lowest BCUT2D eigenvalue weighted by atomic mass is 10.2. The van der Waals surface area contributed by atoms with Crippen LogP contribution in [-0.2, 0) is 12.7 Å². The summed E-state index contributed by atoms with van der Waals surface area (Å²) in [6.45, 7) is 0.983. The summed E-state index contributed by atoms with van der Waals surface area (Å²) in [6.07, 6.45) is 0.565. The molecule has 0 bridgehead atoms. The first-order valence-corrected chi connectivity index (χ1v) is 5.77. The summed E-state index contributed by atoms with van der Waals surface area (Å²) in [5, 5.41) is 2.60. The van der Waals surface area contributed by atoms with Crippen LogP contribution in [0.5, 0.6) is 0 Å². The number of nitrogens with one attached hydrogen (secondary N) is 1. The Morgan fingerprint density at radius 3 is 2.74 bits per heavy atom. The fourth-order valence-corrected chi connectivity index (χ4v) is 1.69. The van der Waals surface area contributed by atoms with E-state index in [4.69, 9.17) is 11.6 Å². The van der Waals surface area contributed by atoms with Crippen molar-refractivity contribution in [3.8, 4) is 0 Å². The molecule has 102 valence electrons. The zero-order chi connectivity index (χ0) is 13.9. The maximum Gasteiger partial charge on any atom is 0.416 e. The van der Waals surface area contributed by atoms with Crippen molar-refractivity contribution in [2.45, 2.75) is 12.7 Å². The number of rotatable bonds is 4. The van der Waals surface area contributed by atoms with Gasteiger partial charge in [-0.25, -0.2) is 9.97 Å². The van der Waals surface area contributed by atoms with E-state index in [1.54, 1.807) is 23.3 Å². The van der Waals surface area contributed by atoms with Crippen molar-refractivity contribution < 1.29 is 13.2 Å². The van der Waals surface area contributed by atoms with Crippen molar-refractivity contribution in [3.63, 3.8) is 0 Å². The fraction of sp³-hybridized carbons (Fsp3) is 0.273. The molecule has 2 aromatic heterocycles. The highest BCUT2D eigenvalue weighted by Gasteiger charge is 2.31. The third-order valence-electron chi connectivity index (χ3n) is 2.36. The number of nitrogens with zero attached hydrogens (tertiary/aromatic N) is 3. The number of hydrogen-bond donors (Lipinski definition) is 1. The lowest BCUT2D eigenvalue weighted by molar-refractivity contribution is -0.137. The van der Waals surface area contributed by atoms with Gasteiger partial charge in [0.15, 0.2) is 0 Å². The molecule has 19 heavy (non-hydrogen) atoms. The number of halogens is 4. The first-order chi connectivity index (χ1) is 8.95. The number of hydrogen-bond acceptors (Lipinski definition) is 3. The van der Waals surface area contributed by atoms with E-state index in [0.717, 1.165) is 12.1 Å². The molecular weight excluding hydrogens is 281 g/mol. The van der Waals surface area contributed by atoms with Gasteiger partial charge in [-0.05, 0) is 12.1 Å². The van der Waals surface area contributed by atoms with E-state index in [-0.39, 0.29) is 11.0 Å². The minimum atomic E-state index is -4.44. The van der Waals surface area contributed by atoms with Gasteiger partial charge in [-0.15, -0.1) is 0 Å². The Morgan fingerprint density at radius 1 is 1.32 bits per heavy atom. The van der Waals surface area contributed by atoms with Crippen LogP contribution in [0.25, 0.3) is 0 Å². The molecule has 1 N–H and O–H groups in total. The molecule has 0 spiro atoms. The zero-order valence-electron chi connectivity index (χ0n) is 9.65. The van der Waals surface area contributed by atoms with Gasteiger partial charge in [0, 0.05) is 25.5 Å². The van der Waals surface area contributed by atoms with E-state index in [0.29, 0.717) is 13.1 Å². The molecule has 0 fully saturated rings. The van der Waals surface area contributed by atoms with E-state index in [2.05, 4.69) is 15.3 Å². The smallest absolute Gasteiger partial charge is 0.368 e. The third-order valence-corrected chi connectivity index (χ3v) is 2.55. The van der Waals surface area contributed by atoms with Gasteiger partial charge in [0.05, 0.1) is 11.9 Å². The van der Waals surface area contributed by atoms with Crippen molar-refractivity contribution in [2.75, 3.05) is 11.9 Å². The average molecular weight is 291 g/mol. The minimum Gasteiger partial charge on any atom is -0.368 e. The van der Waals surface area contributed by atoms with Crippen LogP contribution >= 0.6 is 11.6 Å². The molecule has 2 heterocycles. The molecule has 2 rings (SSSR count). The van der Waals surface area contributed by atoms with Gasteiger partial charge < -0.3 is 9.88 Å². The van der Waals surface area contributed by atoms with Crippen LogP contribution in [0.15, 0.2) is 30.9 Å². The molecule has 0 saturated carbocycles. The molecule has 0 unspecified atom stereocenters. The molecule has 0 aromatic carbocycles. The number of aromatic nitrogens is 3. The normalized spacial score (nSPS) is 11.6. The monoisotopic (exact) mass is 290 g/mol. The first-order valence-electron chi connectivity index (χ1n) is 5.39. The Balaban J connectivity index is 2.02. The number of imidazole rings is 1. The predicted molar refractivity (Wildman–Crippen MR) is 65.0 cm³/mol. The van der Waals surface area contributed by atoms with E-state index >= 15 is 0 Å². The predicted octanol–water partition coefficient (Wildman–Crippen LogP) is 3.06. The van der Waals surface area contributed by atoms with Crippen LogP contribution in [-0.4, -0.2) is 21.1 Å². The molecule has 0 aliphatic carbocycles. The molecule has 0 radical (unpaired) electrons. The summed E-state index contributed by atoms with van der Waals surface area (Å²) in [5.74, 6) is 0.0972. The van der Waals surface area contributed by atoms with Gasteiger partial charge in [0.1, 0.15) is 11.0 Å². The molecule has 8 heteroatoms. The Morgan fingerprint density at radius 2 is 2.11 bits per heavy atom. The Hall–Kier alpha value is -1.76. The van der Waals surface area contributed by atoms with Gasteiger partial charge in [0.2, 0.25) is 0 Å². The quantitative estimate of drug-likeness (QED) is 0.880. The van der Waals surface area contributed by atoms with E-state index in [1.165, 1.54) is 0 Å². The second kappa shape index (κ2) is 5.48. The zero-order valence-corrected chi connectivity index (χ0v) is 10.4. The van der Waals surface area contributed by atoms with E-state index in [1.807, 2.05) is 0 Å². The van der Waals surface area contributed by atoms with Crippen molar-refractivity contribution in [1.82, 2.24) is 14.5 Å². The summed E-state index contributed by atoms with van der Waals surface area (Å²) in [5.41, 5.74) is -0.822. The lowest BCUT2D eigenvalue weighted by Gasteiger charge is -2.11. The van der Waals surface area contributed by atoms with Crippen molar-refractivity contribution in [2.24, 2.45) is 0 Å². The molecular formula is C11H10ClF3N4. The molecule has 0 aliphatic rings. The highest BCUT2D eigenvalue weighted by Crippen LogP contribution is 2.31. The third kappa shape index (κ3) is 3.85. The van der Waals surface area contributed by atoms with Crippen LogP contribution in [0, 0.1) is 0 Å². The first kappa shape index (κ1) is 13.7. The topological polar surface area (TPSA) is 42.7 Å². The molecule has 4 nitrogen and oxygen atoms in total. The number of pyridine rings is 1. The van der Waals surface area contributed by atoms with Crippen molar-refractivity contribution in [1.29, 1.82) is 0 Å². The molecule has 0 atom stereocenters. The average Bonchev–Trinajstić information content (AvgIpc) is 2.80. The standard InChI is InChI=1S/C11H10ClF3N4/c12-9-5-8(11(13,14)15)6-10(18-9)17-2-4-19-3-1-16-7-19/h1,3,5-7H,2,4H2,(H,17,18). The van der Waals surface area contributed by atoms with Crippen LogP contribution in [0.4, 0.5) is 19.0 Å². The maximum absolute atomic E-state index is 12.6. The summed E-state index contributed by atoms with van der Waals surface area (Å²) in [7, 11) is 0. The molecule has 0 saturated heterocycles. The summed E-state index contributed by atoms with van der Waals surface area (Å²) in [6, 6.07) is 1.72. The van der Waals surface area contributed by atoms with Gasteiger partial charge >= 0.3 is 6.18 Å². The molecule has 0 aliphatic heterocycles. The largest absolute Gasteiger partial charge is 0.416 e. The highest BCUT2D eigenvalue weighted by molar-refractivity contribution is 6.29. The van der Waals surface area contributed by atoms with Crippen molar-refractivity contribution >= 4 is 17.4 Å².